The van der Waals surface area contributed by atoms with Gasteiger partial charge in [0, 0.05) is 33.7 Å². The van der Waals surface area contributed by atoms with Crippen molar-refractivity contribution in [2.45, 2.75) is 32.2 Å². The van der Waals surface area contributed by atoms with Crippen molar-refractivity contribution in [2.75, 3.05) is 6.54 Å². The summed E-state index contributed by atoms with van der Waals surface area (Å²) in [7, 11) is 0. The molecule has 36 heavy (non-hydrogen) atoms. The predicted molar refractivity (Wildman–Crippen MR) is 146 cm³/mol. The normalized spacial score (nSPS) is 17.4. The highest BCUT2D eigenvalue weighted by Crippen LogP contribution is 2.40. The second-order valence-electron chi connectivity index (χ2n) is 9.43. The third-order valence-corrected chi connectivity index (χ3v) is 7.40. The van der Waals surface area contributed by atoms with Crippen LogP contribution in [0.25, 0.3) is 16.7 Å². The minimum atomic E-state index is -0.667. The van der Waals surface area contributed by atoms with E-state index in [0.717, 1.165) is 26.5 Å². The smallest absolute Gasteiger partial charge is 0.295 e. The van der Waals surface area contributed by atoms with Gasteiger partial charge in [0.05, 0.1) is 11.6 Å². The summed E-state index contributed by atoms with van der Waals surface area (Å²) in [5.41, 5.74) is 4.70. The van der Waals surface area contributed by atoms with Crippen LogP contribution in [0.1, 0.15) is 48.1 Å². The summed E-state index contributed by atoms with van der Waals surface area (Å²) < 4.78 is 0.860. The van der Waals surface area contributed by atoms with Gasteiger partial charge in [0.25, 0.3) is 11.7 Å². The van der Waals surface area contributed by atoms with Gasteiger partial charge in [-0.3, -0.25) is 9.59 Å². The minimum absolute atomic E-state index is 0.124. The van der Waals surface area contributed by atoms with Crippen molar-refractivity contribution in [3.8, 4) is 0 Å². The number of Topliss-reactive ketones (excluding diaryl/α,β-unsaturated/α-hetero) is 1. The first-order valence-corrected chi connectivity index (χ1v) is 12.8. The standard InChI is InChI=1S/C30H27BrN2O3/c1-18(2)19-7-9-20(10-8-19)27-26(28(34)21-11-13-23(31)14-12-21)29(35)30(36)33(27)16-15-22-17-32-25-6-4-3-5-24(22)25/h3-14,17-18,27,32,34H,15-16H2,1-2H3/t27-/m1/s1. The summed E-state index contributed by atoms with van der Waals surface area (Å²) in [4.78, 5) is 31.5. The lowest BCUT2D eigenvalue weighted by molar-refractivity contribution is -0.139. The van der Waals surface area contributed by atoms with Crippen LogP contribution in [0.4, 0.5) is 0 Å². The van der Waals surface area contributed by atoms with Crippen molar-refractivity contribution in [3.05, 3.63) is 111 Å². The largest absolute Gasteiger partial charge is 0.507 e. The maximum atomic E-state index is 13.3. The summed E-state index contributed by atoms with van der Waals surface area (Å²) in [6.45, 7) is 4.59. The number of aliphatic hydroxyl groups excluding tert-OH is 1. The van der Waals surface area contributed by atoms with Crippen molar-refractivity contribution in [1.82, 2.24) is 9.88 Å². The van der Waals surface area contributed by atoms with Gasteiger partial charge in [-0.1, -0.05) is 84.4 Å². The van der Waals surface area contributed by atoms with Crippen molar-refractivity contribution in [1.29, 1.82) is 0 Å². The van der Waals surface area contributed by atoms with Crippen LogP contribution < -0.4 is 0 Å². The molecule has 1 aliphatic heterocycles. The van der Waals surface area contributed by atoms with E-state index in [4.69, 9.17) is 0 Å². The lowest BCUT2D eigenvalue weighted by Crippen LogP contribution is -2.31. The number of para-hydroxylation sites is 1. The molecular formula is C30H27BrN2O3. The number of nitrogens with one attached hydrogen (secondary N) is 1. The SMILES string of the molecule is CC(C)c1ccc([C@@H]2C(=C(O)c3ccc(Br)cc3)C(=O)C(=O)N2CCc2c[nH]c3ccccc23)cc1. The summed E-state index contributed by atoms with van der Waals surface area (Å²) in [6.07, 6.45) is 2.53. The molecule has 0 aliphatic carbocycles. The van der Waals surface area contributed by atoms with Gasteiger partial charge < -0.3 is 15.0 Å². The van der Waals surface area contributed by atoms with E-state index in [9.17, 15) is 14.7 Å². The molecule has 5 rings (SSSR count). The monoisotopic (exact) mass is 542 g/mol. The van der Waals surface area contributed by atoms with E-state index in [1.54, 1.807) is 29.2 Å². The topological polar surface area (TPSA) is 73.4 Å². The molecule has 1 atom stereocenters. The Hall–Kier alpha value is -3.64. The minimum Gasteiger partial charge on any atom is -0.507 e. The number of benzene rings is 3. The number of carbonyl (C=O) groups is 2. The second kappa shape index (κ2) is 9.78. The first-order chi connectivity index (χ1) is 17.3. The van der Waals surface area contributed by atoms with E-state index >= 15 is 0 Å². The van der Waals surface area contributed by atoms with Crippen molar-refractivity contribution < 1.29 is 14.7 Å². The number of halogens is 1. The number of aliphatic hydroxyl groups is 1. The van der Waals surface area contributed by atoms with Gasteiger partial charge in [-0.05, 0) is 47.2 Å². The van der Waals surface area contributed by atoms with Crippen LogP contribution in [0.5, 0.6) is 0 Å². The molecule has 6 heteroatoms. The number of amides is 1. The molecular weight excluding hydrogens is 516 g/mol. The molecule has 1 fully saturated rings. The number of hydrogen-bond donors (Lipinski definition) is 2. The fourth-order valence-corrected chi connectivity index (χ4v) is 5.13. The summed E-state index contributed by atoms with van der Waals surface area (Å²) in [5, 5.41) is 12.3. The lowest BCUT2D eigenvalue weighted by atomic mass is 9.93. The zero-order valence-electron chi connectivity index (χ0n) is 20.2. The second-order valence-corrected chi connectivity index (χ2v) is 10.3. The molecule has 0 bridgehead atoms. The number of likely N-dealkylation sites (tertiary alicyclic amines) is 1. The Balaban J connectivity index is 1.56. The van der Waals surface area contributed by atoms with Crippen molar-refractivity contribution >= 4 is 44.3 Å². The molecule has 0 spiro atoms. The number of fused-ring (bicyclic) bond motifs is 1. The number of rotatable bonds is 6. The first-order valence-electron chi connectivity index (χ1n) is 12.0. The Bertz CT molecular complexity index is 1470. The number of ketones is 1. The molecule has 3 aromatic carbocycles. The van der Waals surface area contributed by atoms with Crippen molar-refractivity contribution in [3.63, 3.8) is 0 Å². The van der Waals surface area contributed by atoms with Crippen LogP contribution in [0.3, 0.4) is 0 Å². The Morgan fingerprint density at radius 1 is 1.00 bits per heavy atom. The van der Waals surface area contributed by atoms with Gasteiger partial charge in [-0.25, -0.2) is 0 Å². The highest BCUT2D eigenvalue weighted by atomic mass is 79.9. The van der Waals surface area contributed by atoms with Crippen LogP contribution in [0, 0.1) is 0 Å². The molecule has 2 N–H and O–H groups in total. The Morgan fingerprint density at radius 3 is 2.39 bits per heavy atom. The summed E-state index contributed by atoms with van der Waals surface area (Å²) in [5.74, 6) is -1.05. The fourth-order valence-electron chi connectivity index (χ4n) is 4.86. The number of H-pyrrole nitrogens is 1. The number of hydrogen-bond acceptors (Lipinski definition) is 3. The quantitative estimate of drug-likeness (QED) is 0.161. The van der Waals surface area contributed by atoms with E-state index < -0.39 is 17.7 Å². The zero-order chi connectivity index (χ0) is 25.4. The first kappa shape index (κ1) is 24.1. The Kier molecular flexibility index (Phi) is 6.54. The Labute approximate surface area is 218 Å². The van der Waals surface area contributed by atoms with Crippen LogP contribution in [-0.2, 0) is 16.0 Å². The van der Waals surface area contributed by atoms with Gasteiger partial charge >= 0.3 is 0 Å². The van der Waals surface area contributed by atoms with Crippen LogP contribution >= 0.6 is 15.9 Å². The predicted octanol–water partition coefficient (Wildman–Crippen LogP) is 6.72. The molecule has 1 amide bonds. The number of aromatic nitrogens is 1. The van der Waals surface area contributed by atoms with Gasteiger partial charge in [0.2, 0.25) is 0 Å². The Morgan fingerprint density at radius 2 is 1.69 bits per heavy atom. The molecule has 1 aliphatic rings. The fraction of sp³-hybridized carbons (Fsp3) is 0.200. The molecule has 1 saturated heterocycles. The van der Waals surface area contributed by atoms with E-state index in [-0.39, 0.29) is 11.3 Å². The van der Waals surface area contributed by atoms with Gasteiger partial charge in [0.15, 0.2) is 0 Å². The molecule has 4 aromatic rings. The van der Waals surface area contributed by atoms with E-state index in [0.29, 0.717) is 24.4 Å². The molecule has 0 unspecified atom stereocenters. The zero-order valence-corrected chi connectivity index (χ0v) is 21.7. The summed E-state index contributed by atoms with van der Waals surface area (Å²) >= 11 is 3.40. The molecule has 182 valence electrons. The summed E-state index contributed by atoms with van der Waals surface area (Å²) in [6, 6.07) is 22.4. The molecule has 5 nitrogen and oxygen atoms in total. The van der Waals surface area contributed by atoms with Gasteiger partial charge in [-0.2, -0.15) is 0 Å². The highest BCUT2D eigenvalue weighted by molar-refractivity contribution is 9.10. The maximum absolute atomic E-state index is 13.3. The van der Waals surface area contributed by atoms with E-state index in [1.807, 2.05) is 54.7 Å². The number of carbonyl (C=O) groups excluding carboxylic acids is 2. The van der Waals surface area contributed by atoms with Crippen LogP contribution in [0.15, 0.2) is 89.0 Å². The van der Waals surface area contributed by atoms with Gasteiger partial charge in [0.1, 0.15) is 5.76 Å². The van der Waals surface area contributed by atoms with Crippen molar-refractivity contribution in [2.24, 2.45) is 0 Å². The lowest BCUT2D eigenvalue weighted by Gasteiger charge is -2.25. The van der Waals surface area contributed by atoms with Gasteiger partial charge in [-0.15, -0.1) is 0 Å². The molecule has 0 radical (unpaired) electrons. The van der Waals surface area contributed by atoms with Crippen LogP contribution in [-0.4, -0.2) is 33.2 Å². The third kappa shape index (κ3) is 4.37. The number of aromatic amines is 1. The molecule has 1 aromatic heterocycles. The molecule has 0 saturated carbocycles. The molecule has 2 heterocycles. The van der Waals surface area contributed by atoms with E-state index in [2.05, 4.69) is 34.8 Å². The van der Waals surface area contributed by atoms with Crippen LogP contribution in [0.2, 0.25) is 0 Å². The highest BCUT2D eigenvalue weighted by Gasteiger charge is 2.45. The number of nitrogens with zero attached hydrogens (tertiary/aromatic N) is 1. The average Bonchev–Trinajstić information content (AvgIpc) is 3.41. The maximum Gasteiger partial charge on any atom is 0.295 e. The third-order valence-electron chi connectivity index (χ3n) is 6.87. The van der Waals surface area contributed by atoms with E-state index in [1.165, 1.54) is 5.56 Å². The average molecular weight is 543 g/mol.